The molecule has 0 radical (unpaired) electrons. The Labute approximate surface area is 232 Å². The van der Waals surface area contributed by atoms with Crippen LogP contribution in [0.1, 0.15) is 50.8 Å². The number of rotatable bonds is 6. The number of H-pyrrole nitrogens is 1. The van der Waals surface area contributed by atoms with Gasteiger partial charge in [0.1, 0.15) is 24.1 Å². The molecule has 2 heterocycles. The fourth-order valence-electron chi connectivity index (χ4n) is 5.34. The Hall–Kier alpha value is -2.50. The number of amides is 1. The van der Waals surface area contributed by atoms with Gasteiger partial charge in [0.05, 0.1) is 19.9 Å². The highest BCUT2D eigenvalue weighted by atomic mass is 16.5. The van der Waals surface area contributed by atoms with Crippen LogP contribution in [0.4, 0.5) is 0 Å². The maximum atomic E-state index is 12.9. The van der Waals surface area contributed by atoms with Gasteiger partial charge in [-0.05, 0) is 48.9 Å². The summed E-state index contributed by atoms with van der Waals surface area (Å²) in [5.41, 5.74) is 2.19. The Bertz CT molecular complexity index is 988. The molecule has 39 heavy (non-hydrogen) atoms. The molecule has 1 aromatic carbocycles. The molecule has 0 bridgehead atoms. The fraction of sp³-hybridized carbons (Fsp3) is 0.655. The summed E-state index contributed by atoms with van der Waals surface area (Å²) in [7, 11) is 3.15. The van der Waals surface area contributed by atoms with Crippen molar-refractivity contribution in [2.75, 3.05) is 47.1 Å². The summed E-state index contributed by atoms with van der Waals surface area (Å²) in [5, 5.41) is 28.5. The molecule has 0 saturated carbocycles. The molecule has 10 heteroatoms. The van der Waals surface area contributed by atoms with Crippen molar-refractivity contribution < 1.29 is 29.2 Å². The number of aliphatic hydroxyl groups is 2. The van der Waals surface area contributed by atoms with Crippen molar-refractivity contribution in [3.8, 4) is 5.75 Å². The van der Waals surface area contributed by atoms with Crippen molar-refractivity contribution in [1.82, 2.24) is 20.0 Å². The largest absolute Gasteiger partial charge is 0.497 e. The van der Waals surface area contributed by atoms with Crippen LogP contribution in [0.2, 0.25) is 0 Å². The Morgan fingerprint density at radius 1 is 1.23 bits per heavy atom. The van der Waals surface area contributed by atoms with Crippen molar-refractivity contribution in [3.05, 3.63) is 47.8 Å². The van der Waals surface area contributed by atoms with Gasteiger partial charge in [0, 0.05) is 58.1 Å². The van der Waals surface area contributed by atoms with Crippen LogP contribution in [0.25, 0.3) is 0 Å². The minimum Gasteiger partial charge on any atom is -0.497 e. The molecule has 0 unspecified atom stereocenters. The quantitative estimate of drug-likeness (QED) is 0.506. The lowest BCUT2D eigenvalue weighted by Gasteiger charge is -2.42. The van der Waals surface area contributed by atoms with Crippen LogP contribution in [0.15, 0.2) is 36.7 Å². The predicted octanol–water partition coefficient (Wildman–Crippen LogP) is 2.63. The predicted molar refractivity (Wildman–Crippen MR) is 148 cm³/mol. The Balaban J connectivity index is 2.08. The van der Waals surface area contributed by atoms with Crippen LogP contribution in [0.3, 0.4) is 0 Å². The van der Waals surface area contributed by atoms with E-state index in [1.54, 1.807) is 12.0 Å². The fourth-order valence-corrected chi connectivity index (χ4v) is 5.34. The second-order valence-electron chi connectivity index (χ2n) is 10.7. The molecule has 0 spiro atoms. The molecule has 1 saturated heterocycles. The van der Waals surface area contributed by atoms with Gasteiger partial charge in [-0.25, -0.2) is 0 Å². The zero-order valence-electron chi connectivity index (χ0n) is 24.0. The zero-order valence-corrected chi connectivity index (χ0v) is 24.0. The molecule has 3 N–H and O–H groups in total. The summed E-state index contributed by atoms with van der Waals surface area (Å²) in [6.07, 6.45) is 2.37. The van der Waals surface area contributed by atoms with Crippen LogP contribution in [0.5, 0.6) is 5.75 Å². The van der Waals surface area contributed by atoms with Gasteiger partial charge < -0.3 is 29.3 Å². The molecule has 218 valence electrons. The first-order valence-electron chi connectivity index (χ1n) is 13.8. The van der Waals surface area contributed by atoms with Crippen molar-refractivity contribution in [3.63, 3.8) is 0 Å². The van der Waals surface area contributed by atoms with E-state index in [1.165, 1.54) is 14.0 Å². The van der Waals surface area contributed by atoms with Crippen molar-refractivity contribution in [1.29, 1.82) is 0 Å². The van der Waals surface area contributed by atoms with E-state index in [0.29, 0.717) is 19.7 Å². The van der Waals surface area contributed by atoms with Gasteiger partial charge in [0.15, 0.2) is 0 Å². The molecule has 0 aliphatic carbocycles. The highest BCUT2D eigenvalue weighted by molar-refractivity contribution is 5.73. The number of nitrogens with one attached hydrogen (secondary N) is 1. The summed E-state index contributed by atoms with van der Waals surface area (Å²) >= 11 is 0. The van der Waals surface area contributed by atoms with Gasteiger partial charge in [0.2, 0.25) is 5.91 Å². The van der Waals surface area contributed by atoms with Crippen LogP contribution in [0, 0.1) is 11.8 Å². The van der Waals surface area contributed by atoms with E-state index < -0.39 is 18.3 Å². The molecular weight excluding hydrogens is 500 g/mol. The third-order valence-corrected chi connectivity index (χ3v) is 7.66. The van der Waals surface area contributed by atoms with Gasteiger partial charge in [-0.3, -0.25) is 14.8 Å². The van der Waals surface area contributed by atoms with Crippen molar-refractivity contribution in [2.45, 2.75) is 64.5 Å². The summed E-state index contributed by atoms with van der Waals surface area (Å²) in [5.74, 6) is 0.914. The topological polar surface area (TPSA) is 120 Å². The first-order valence-corrected chi connectivity index (χ1v) is 13.8. The second-order valence-corrected chi connectivity index (χ2v) is 10.7. The number of nitrogens with zero attached hydrogens (tertiary/aromatic N) is 3. The number of aliphatic hydroxyl groups excluding tert-OH is 2. The average Bonchev–Trinajstić information content (AvgIpc) is 3.43. The van der Waals surface area contributed by atoms with E-state index in [2.05, 4.69) is 41.1 Å². The third-order valence-electron chi connectivity index (χ3n) is 7.66. The number of carbonyl (C=O) groups excluding carboxylic acids is 1. The minimum absolute atomic E-state index is 0.000879. The van der Waals surface area contributed by atoms with Gasteiger partial charge in [-0.1, -0.05) is 26.0 Å². The SMILES string of the molecule is COc1cccc([C@@H]2[C@@H](C(C)C)CN(C(C)=O)C[C@H](OC)[C@@H](O)[C@@H](O)COCCCCN2Cc2cn[nH]c2)c1. The Morgan fingerprint density at radius 2 is 2.03 bits per heavy atom. The molecule has 1 aliphatic rings. The van der Waals surface area contributed by atoms with E-state index in [-0.39, 0.29) is 36.9 Å². The zero-order chi connectivity index (χ0) is 28.4. The van der Waals surface area contributed by atoms with E-state index >= 15 is 0 Å². The smallest absolute Gasteiger partial charge is 0.219 e. The minimum atomic E-state index is -1.19. The molecule has 1 aromatic heterocycles. The number of hydrogen-bond acceptors (Lipinski definition) is 8. The van der Waals surface area contributed by atoms with Crippen molar-refractivity contribution >= 4 is 5.91 Å². The van der Waals surface area contributed by atoms with Crippen LogP contribution in [-0.2, 0) is 20.8 Å². The molecule has 1 amide bonds. The van der Waals surface area contributed by atoms with Gasteiger partial charge >= 0.3 is 0 Å². The van der Waals surface area contributed by atoms with E-state index in [9.17, 15) is 15.0 Å². The normalized spacial score (nSPS) is 26.7. The molecule has 1 fully saturated rings. The van der Waals surface area contributed by atoms with Crippen LogP contribution in [-0.4, -0.2) is 101 Å². The maximum absolute atomic E-state index is 12.9. The number of methoxy groups -OCH3 is 2. The Kier molecular flexibility index (Phi) is 12.2. The van der Waals surface area contributed by atoms with Crippen LogP contribution < -0.4 is 4.74 Å². The van der Waals surface area contributed by atoms with E-state index in [4.69, 9.17) is 14.2 Å². The lowest BCUT2D eigenvalue weighted by Crippen LogP contribution is -2.50. The van der Waals surface area contributed by atoms with Gasteiger partial charge in [0.25, 0.3) is 0 Å². The summed E-state index contributed by atoms with van der Waals surface area (Å²) in [6, 6.07) is 8.11. The molecule has 5 atom stereocenters. The summed E-state index contributed by atoms with van der Waals surface area (Å²) < 4.78 is 16.9. The molecule has 3 rings (SSSR count). The van der Waals surface area contributed by atoms with Crippen LogP contribution >= 0.6 is 0 Å². The summed E-state index contributed by atoms with van der Waals surface area (Å²) in [6.45, 7) is 8.45. The number of aromatic amines is 1. The third kappa shape index (κ3) is 8.74. The highest BCUT2D eigenvalue weighted by Gasteiger charge is 2.36. The summed E-state index contributed by atoms with van der Waals surface area (Å²) in [4.78, 5) is 17.1. The monoisotopic (exact) mass is 546 g/mol. The van der Waals surface area contributed by atoms with E-state index in [1.807, 2.05) is 24.5 Å². The lowest BCUT2D eigenvalue weighted by molar-refractivity contribution is -0.138. The van der Waals surface area contributed by atoms with E-state index in [0.717, 1.165) is 36.3 Å². The number of benzene rings is 1. The highest BCUT2D eigenvalue weighted by Crippen LogP contribution is 2.37. The number of hydrogen-bond donors (Lipinski definition) is 3. The van der Waals surface area contributed by atoms with Gasteiger partial charge in [-0.2, -0.15) is 5.10 Å². The first-order chi connectivity index (χ1) is 18.7. The average molecular weight is 547 g/mol. The molecular formula is C29H46N4O6. The maximum Gasteiger partial charge on any atom is 0.219 e. The lowest BCUT2D eigenvalue weighted by atomic mass is 9.82. The van der Waals surface area contributed by atoms with Crippen molar-refractivity contribution in [2.24, 2.45) is 11.8 Å². The Morgan fingerprint density at radius 3 is 2.67 bits per heavy atom. The standard InChI is InChI=1S/C29H46N4O6/c1-20(2)25-17-33(21(3)34)18-27(38-5)29(36)26(35)19-39-12-7-6-11-32(16-22-14-30-31-15-22)28(25)23-9-8-10-24(13-23)37-4/h8-10,13-15,20,25-29,35-36H,6-7,11-12,16-19H2,1-5H3,(H,30,31)/t25-,26+,27+,28-,29+/m1/s1. The number of aromatic nitrogens is 2. The number of carbonyl (C=O) groups is 1. The molecule has 10 nitrogen and oxygen atoms in total. The first kappa shape index (κ1) is 31.0. The molecule has 2 aromatic rings. The second kappa shape index (κ2) is 15.3. The van der Waals surface area contributed by atoms with Gasteiger partial charge in [-0.15, -0.1) is 0 Å². The molecule has 1 aliphatic heterocycles. The number of ether oxygens (including phenoxy) is 3.